The summed E-state index contributed by atoms with van der Waals surface area (Å²) in [6, 6.07) is 3.64. The third-order valence-corrected chi connectivity index (χ3v) is 2.43. The van der Waals surface area contributed by atoms with Gasteiger partial charge in [-0.25, -0.2) is 4.98 Å². The van der Waals surface area contributed by atoms with Crippen molar-refractivity contribution in [3.05, 3.63) is 15.8 Å². The molecular weight excluding hydrogens is 267 g/mol. The number of hydrogen-bond donors (Lipinski definition) is 1. The number of aromatic nitrogens is 1. The Kier molecular flexibility index (Phi) is 2.08. The molecule has 0 bridgehead atoms. The van der Waals surface area contributed by atoms with Crippen molar-refractivity contribution in [1.29, 1.82) is 0 Å². The lowest BCUT2D eigenvalue weighted by atomic mass is 10.4. The van der Waals surface area contributed by atoms with Gasteiger partial charge < -0.3 is 10.5 Å². The number of ether oxygens (including phenoxy) is 1. The Hall–Kier alpha value is -0.520. The van der Waals surface area contributed by atoms with Crippen LogP contribution in [0.25, 0.3) is 0 Å². The molecule has 1 saturated carbocycles. The van der Waals surface area contributed by atoms with Crippen LogP contribution in [0.1, 0.15) is 12.8 Å². The lowest BCUT2D eigenvalue weighted by Crippen LogP contribution is -2.00. The van der Waals surface area contributed by atoms with Gasteiger partial charge in [-0.3, -0.25) is 0 Å². The summed E-state index contributed by atoms with van der Waals surface area (Å²) in [6.07, 6.45) is 2.75. The summed E-state index contributed by atoms with van der Waals surface area (Å²) < 4.78 is 6.43. The predicted octanol–water partition coefficient (Wildman–Crippen LogP) is 1.81. The first-order valence-corrected chi connectivity index (χ1v) is 4.92. The second-order valence-corrected chi connectivity index (χ2v) is 3.86. The molecule has 0 spiro atoms. The molecule has 0 amide bonds. The number of nitrogens with zero attached hydrogens (tertiary/aromatic N) is 1. The van der Waals surface area contributed by atoms with Crippen molar-refractivity contribution in [2.45, 2.75) is 18.9 Å². The maximum absolute atomic E-state index is 5.59. The Morgan fingerprint density at radius 3 is 2.83 bits per heavy atom. The van der Waals surface area contributed by atoms with Crippen LogP contribution in [0.3, 0.4) is 0 Å². The Morgan fingerprint density at radius 2 is 2.25 bits per heavy atom. The molecule has 12 heavy (non-hydrogen) atoms. The molecule has 4 heteroatoms. The normalized spacial score (nSPS) is 16.1. The standard InChI is InChI=1S/C8H9IN2O/c9-8-6(12-5-1-2-5)3-4-7(10)11-8/h3-5H,1-2H2,(H2,10,11). The van der Waals surface area contributed by atoms with Crippen molar-refractivity contribution in [3.8, 4) is 5.75 Å². The van der Waals surface area contributed by atoms with Crippen LogP contribution in [0.15, 0.2) is 12.1 Å². The van der Waals surface area contributed by atoms with Gasteiger partial charge in [0.15, 0.2) is 5.75 Å². The summed E-state index contributed by atoms with van der Waals surface area (Å²) >= 11 is 2.13. The molecule has 0 radical (unpaired) electrons. The molecule has 0 aromatic carbocycles. The van der Waals surface area contributed by atoms with E-state index in [0.717, 1.165) is 9.45 Å². The van der Waals surface area contributed by atoms with Gasteiger partial charge in [0.2, 0.25) is 0 Å². The summed E-state index contributed by atoms with van der Waals surface area (Å²) in [6.45, 7) is 0. The first-order chi connectivity index (χ1) is 5.75. The molecule has 2 rings (SSSR count). The average Bonchev–Trinajstić information content (AvgIpc) is 2.79. The first kappa shape index (κ1) is 8.10. The second-order valence-electron chi connectivity index (χ2n) is 2.84. The highest BCUT2D eigenvalue weighted by Crippen LogP contribution is 2.29. The van der Waals surface area contributed by atoms with Crippen LogP contribution in [0.5, 0.6) is 5.75 Å². The fourth-order valence-electron chi connectivity index (χ4n) is 0.889. The molecule has 1 aliphatic carbocycles. The average molecular weight is 276 g/mol. The van der Waals surface area contributed by atoms with Gasteiger partial charge in [-0.05, 0) is 47.6 Å². The molecule has 0 aliphatic heterocycles. The summed E-state index contributed by atoms with van der Waals surface area (Å²) in [4.78, 5) is 4.09. The van der Waals surface area contributed by atoms with Crippen molar-refractivity contribution in [2.24, 2.45) is 0 Å². The third-order valence-electron chi connectivity index (χ3n) is 1.65. The Balaban J connectivity index is 2.18. The van der Waals surface area contributed by atoms with E-state index in [1.165, 1.54) is 12.8 Å². The van der Waals surface area contributed by atoms with Gasteiger partial charge in [-0.2, -0.15) is 0 Å². The van der Waals surface area contributed by atoms with Gasteiger partial charge in [0.25, 0.3) is 0 Å². The molecule has 0 saturated heterocycles. The quantitative estimate of drug-likeness (QED) is 0.662. The Bertz CT molecular complexity index is 299. The van der Waals surface area contributed by atoms with E-state index in [2.05, 4.69) is 27.6 Å². The van der Waals surface area contributed by atoms with E-state index in [0.29, 0.717) is 11.9 Å². The maximum atomic E-state index is 5.59. The number of halogens is 1. The first-order valence-electron chi connectivity index (χ1n) is 3.84. The predicted molar refractivity (Wildman–Crippen MR) is 55.0 cm³/mol. The molecule has 1 aliphatic rings. The fourth-order valence-corrected chi connectivity index (χ4v) is 1.47. The highest BCUT2D eigenvalue weighted by molar-refractivity contribution is 14.1. The SMILES string of the molecule is Nc1ccc(OC2CC2)c(I)n1. The van der Waals surface area contributed by atoms with Gasteiger partial charge in [0.1, 0.15) is 9.52 Å². The number of hydrogen-bond acceptors (Lipinski definition) is 3. The molecule has 1 aromatic heterocycles. The van der Waals surface area contributed by atoms with E-state index in [1.54, 1.807) is 6.07 Å². The minimum Gasteiger partial charge on any atom is -0.488 e. The van der Waals surface area contributed by atoms with Crippen molar-refractivity contribution in [1.82, 2.24) is 4.98 Å². The van der Waals surface area contributed by atoms with Crippen molar-refractivity contribution < 1.29 is 4.74 Å². The summed E-state index contributed by atoms with van der Waals surface area (Å²) in [7, 11) is 0. The maximum Gasteiger partial charge on any atom is 0.151 e. The minimum absolute atomic E-state index is 0.420. The minimum atomic E-state index is 0.420. The summed E-state index contributed by atoms with van der Waals surface area (Å²) in [5.74, 6) is 1.40. The summed E-state index contributed by atoms with van der Waals surface area (Å²) in [5, 5.41) is 0. The molecule has 3 nitrogen and oxygen atoms in total. The molecule has 1 fully saturated rings. The van der Waals surface area contributed by atoms with Crippen LogP contribution in [0.4, 0.5) is 5.82 Å². The van der Waals surface area contributed by atoms with Crippen LogP contribution in [-0.2, 0) is 0 Å². The van der Waals surface area contributed by atoms with Crippen LogP contribution in [0.2, 0.25) is 0 Å². The lowest BCUT2D eigenvalue weighted by Gasteiger charge is -2.05. The van der Waals surface area contributed by atoms with Gasteiger partial charge in [0.05, 0.1) is 6.10 Å². The van der Waals surface area contributed by atoms with E-state index < -0.39 is 0 Å². The van der Waals surface area contributed by atoms with E-state index in [-0.39, 0.29) is 0 Å². The Labute approximate surface area is 84.5 Å². The fraction of sp³-hybridized carbons (Fsp3) is 0.375. The van der Waals surface area contributed by atoms with E-state index in [1.807, 2.05) is 6.07 Å². The number of rotatable bonds is 2. The zero-order chi connectivity index (χ0) is 8.55. The molecule has 2 N–H and O–H groups in total. The Morgan fingerprint density at radius 1 is 1.50 bits per heavy atom. The molecule has 1 heterocycles. The zero-order valence-electron chi connectivity index (χ0n) is 6.46. The van der Waals surface area contributed by atoms with Crippen LogP contribution < -0.4 is 10.5 Å². The number of pyridine rings is 1. The van der Waals surface area contributed by atoms with Crippen LogP contribution >= 0.6 is 22.6 Å². The largest absolute Gasteiger partial charge is 0.488 e. The van der Waals surface area contributed by atoms with Crippen LogP contribution in [-0.4, -0.2) is 11.1 Å². The molecule has 1 aromatic rings. The number of nitrogen functional groups attached to an aromatic ring is 1. The molecule has 0 unspecified atom stereocenters. The van der Waals surface area contributed by atoms with E-state index in [4.69, 9.17) is 10.5 Å². The van der Waals surface area contributed by atoms with Crippen molar-refractivity contribution in [3.63, 3.8) is 0 Å². The van der Waals surface area contributed by atoms with Gasteiger partial charge in [-0.15, -0.1) is 0 Å². The zero-order valence-corrected chi connectivity index (χ0v) is 8.61. The van der Waals surface area contributed by atoms with Crippen molar-refractivity contribution >= 4 is 28.4 Å². The van der Waals surface area contributed by atoms with Gasteiger partial charge in [-0.1, -0.05) is 0 Å². The summed E-state index contributed by atoms with van der Waals surface area (Å²) in [5.41, 5.74) is 5.50. The molecule has 64 valence electrons. The topological polar surface area (TPSA) is 48.1 Å². The number of nitrogens with two attached hydrogens (primary N) is 1. The third kappa shape index (κ3) is 1.80. The van der Waals surface area contributed by atoms with Gasteiger partial charge in [0, 0.05) is 0 Å². The lowest BCUT2D eigenvalue weighted by molar-refractivity contribution is 0.299. The van der Waals surface area contributed by atoms with Crippen molar-refractivity contribution in [2.75, 3.05) is 5.73 Å². The van der Waals surface area contributed by atoms with E-state index >= 15 is 0 Å². The van der Waals surface area contributed by atoms with Crippen LogP contribution in [0, 0.1) is 3.70 Å². The second kappa shape index (κ2) is 3.08. The van der Waals surface area contributed by atoms with E-state index in [9.17, 15) is 0 Å². The van der Waals surface area contributed by atoms with Gasteiger partial charge >= 0.3 is 0 Å². The number of anilines is 1. The molecule has 0 atom stereocenters. The smallest absolute Gasteiger partial charge is 0.151 e. The highest BCUT2D eigenvalue weighted by Gasteiger charge is 2.24. The monoisotopic (exact) mass is 276 g/mol. The molecular formula is C8H9IN2O. The highest BCUT2D eigenvalue weighted by atomic mass is 127.